The Kier molecular flexibility index (Phi) is 6.20. The van der Waals surface area contributed by atoms with Crippen LogP contribution in [-0.4, -0.2) is 34.2 Å². The minimum Gasteiger partial charge on any atom is -0.484 e. The maximum absolute atomic E-state index is 12.9. The third kappa shape index (κ3) is 5.45. The number of carbonyl (C=O) groups is 1. The second-order valence-electron chi connectivity index (χ2n) is 5.85. The number of nitrogens with one attached hydrogen (secondary N) is 1. The number of anilines is 1. The monoisotopic (exact) mass is 380 g/mol. The Morgan fingerprint density at radius 3 is 2.27 bits per heavy atom. The third-order valence-corrected chi connectivity index (χ3v) is 5.02. The van der Waals surface area contributed by atoms with Crippen molar-refractivity contribution < 1.29 is 22.3 Å². The van der Waals surface area contributed by atoms with Crippen molar-refractivity contribution in [3.8, 4) is 5.75 Å². The van der Waals surface area contributed by atoms with Gasteiger partial charge in [-0.2, -0.15) is 0 Å². The highest BCUT2D eigenvalue weighted by Gasteiger charge is 2.13. The third-order valence-electron chi connectivity index (χ3n) is 3.82. The van der Waals surface area contributed by atoms with Crippen molar-refractivity contribution in [3.05, 3.63) is 59.9 Å². The molecule has 0 radical (unpaired) electrons. The van der Waals surface area contributed by atoms with E-state index in [-0.39, 0.29) is 24.4 Å². The number of halogens is 1. The van der Waals surface area contributed by atoms with E-state index in [2.05, 4.69) is 5.32 Å². The van der Waals surface area contributed by atoms with Crippen molar-refractivity contribution in [3.63, 3.8) is 0 Å². The van der Waals surface area contributed by atoms with Gasteiger partial charge in [-0.3, -0.25) is 9.10 Å². The minimum absolute atomic E-state index is 0.188. The molecular weight excluding hydrogens is 359 g/mol. The van der Waals surface area contributed by atoms with Crippen LogP contribution in [-0.2, 0) is 14.8 Å². The van der Waals surface area contributed by atoms with Crippen molar-refractivity contribution >= 4 is 21.6 Å². The van der Waals surface area contributed by atoms with Gasteiger partial charge in [0.2, 0.25) is 10.0 Å². The highest BCUT2D eigenvalue weighted by atomic mass is 32.2. The molecule has 2 aromatic carbocycles. The van der Waals surface area contributed by atoms with Crippen LogP contribution in [0.2, 0.25) is 0 Å². The Morgan fingerprint density at radius 1 is 1.15 bits per heavy atom. The van der Waals surface area contributed by atoms with Crippen LogP contribution in [0.25, 0.3) is 0 Å². The summed E-state index contributed by atoms with van der Waals surface area (Å²) in [5, 5.41) is 2.76. The lowest BCUT2D eigenvalue weighted by atomic mass is 10.1. The SMILES string of the molecule is CC(NC(=O)COc1ccc(N(C)S(C)(=O)=O)cc1)c1ccc(F)cc1. The topological polar surface area (TPSA) is 75.7 Å². The standard InChI is InChI=1S/C18H21FN2O4S/c1-13(14-4-6-15(19)7-5-14)20-18(22)12-25-17-10-8-16(9-11-17)21(2)26(3,23)24/h4-11,13H,12H2,1-3H3,(H,20,22). The van der Waals surface area contributed by atoms with E-state index in [0.717, 1.165) is 16.1 Å². The molecule has 0 fully saturated rings. The largest absolute Gasteiger partial charge is 0.484 e. The van der Waals surface area contributed by atoms with Crippen LogP contribution < -0.4 is 14.4 Å². The predicted octanol–water partition coefficient (Wildman–Crippen LogP) is 2.48. The number of rotatable bonds is 7. The van der Waals surface area contributed by atoms with Crippen LogP contribution in [0.4, 0.5) is 10.1 Å². The fourth-order valence-electron chi connectivity index (χ4n) is 2.21. The molecule has 0 aliphatic heterocycles. The van der Waals surface area contributed by atoms with Gasteiger partial charge in [0.05, 0.1) is 18.0 Å². The Labute approximate surface area is 152 Å². The molecule has 1 unspecified atom stereocenters. The molecule has 6 nitrogen and oxygen atoms in total. The molecule has 0 aliphatic rings. The summed E-state index contributed by atoms with van der Waals surface area (Å²) in [5.41, 5.74) is 1.28. The Hall–Kier alpha value is -2.61. The fourth-order valence-corrected chi connectivity index (χ4v) is 2.72. The first kappa shape index (κ1) is 19.7. The minimum atomic E-state index is -3.33. The summed E-state index contributed by atoms with van der Waals surface area (Å²) in [6, 6.07) is 12.0. The lowest BCUT2D eigenvalue weighted by Crippen LogP contribution is -2.31. The van der Waals surface area contributed by atoms with E-state index in [1.807, 2.05) is 0 Å². The number of hydrogen-bond donors (Lipinski definition) is 1. The summed E-state index contributed by atoms with van der Waals surface area (Å²) in [6.07, 6.45) is 1.12. The smallest absolute Gasteiger partial charge is 0.258 e. The molecule has 2 rings (SSSR count). The molecule has 0 spiro atoms. The molecule has 0 saturated carbocycles. The molecule has 2 aromatic rings. The molecule has 0 saturated heterocycles. The second-order valence-corrected chi connectivity index (χ2v) is 7.87. The van der Waals surface area contributed by atoms with Crippen LogP contribution >= 0.6 is 0 Å². The molecule has 0 aliphatic carbocycles. The van der Waals surface area contributed by atoms with Gasteiger partial charge < -0.3 is 10.1 Å². The number of carbonyl (C=O) groups excluding carboxylic acids is 1. The second kappa shape index (κ2) is 8.18. The summed E-state index contributed by atoms with van der Waals surface area (Å²) in [5.74, 6) is -0.208. The lowest BCUT2D eigenvalue weighted by Gasteiger charge is -2.17. The van der Waals surface area contributed by atoms with Crippen molar-refractivity contribution in [2.24, 2.45) is 0 Å². The van der Waals surface area contributed by atoms with Crippen LogP contribution in [0.3, 0.4) is 0 Å². The molecule has 140 valence electrons. The number of ether oxygens (including phenoxy) is 1. The van der Waals surface area contributed by atoms with Crippen molar-refractivity contribution in [2.75, 3.05) is 24.2 Å². The maximum atomic E-state index is 12.9. The number of amides is 1. The maximum Gasteiger partial charge on any atom is 0.258 e. The molecule has 0 heterocycles. The predicted molar refractivity (Wildman–Crippen MR) is 98.1 cm³/mol. The van der Waals surface area contributed by atoms with Crippen LogP contribution in [0.5, 0.6) is 5.75 Å². The van der Waals surface area contributed by atoms with Crippen LogP contribution in [0.1, 0.15) is 18.5 Å². The quantitative estimate of drug-likeness (QED) is 0.801. The molecule has 1 N–H and O–H groups in total. The van der Waals surface area contributed by atoms with Gasteiger partial charge in [0.15, 0.2) is 6.61 Å². The van der Waals surface area contributed by atoms with E-state index < -0.39 is 10.0 Å². The van der Waals surface area contributed by atoms with Crippen LogP contribution in [0, 0.1) is 5.82 Å². The summed E-state index contributed by atoms with van der Waals surface area (Å²) in [6.45, 7) is 1.60. The molecule has 0 aromatic heterocycles. The highest BCUT2D eigenvalue weighted by molar-refractivity contribution is 7.92. The van der Waals surface area contributed by atoms with E-state index in [9.17, 15) is 17.6 Å². The Morgan fingerprint density at radius 2 is 1.73 bits per heavy atom. The zero-order chi connectivity index (χ0) is 19.3. The molecule has 26 heavy (non-hydrogen) atoms. The molecule has 1 atom stereocenters. The average Bonchev–Trinajstić information content (AvgIpc) is 2.59. The van der Waals surface area contributed by atoms with Crippen molar-refractivity contribution in [2.45, 2.75) is 13.0 Å². The lowest BCUT2D eigenvalue weighted by molar-refractivity contribution is -0.123. The van der Waals surface area contributed by atoms with Crippen molar-refractivity contribution in [1.29, 1.82) is 0 Å². The van der Waals surface area contributed by atoms with Crippen LogP contribution in [0.15, 0.2) is 48.5 Å². The number of hydrogen-bond acceptors (Lipinski definition) is 4. The van der Waals surface area contributed by atoms with Gasteiger partial charge in [0.1, 0.15) is 11.6 Å². The molecule has 8 heteroatoms. The summed E-state index contributed by atoms with van der Waals surface area (Å²) in [4.78, 5) is 12.0. The zero-order valence-corrected chi connectivity index (χ0v) is 15.6. The Balaban J connectivity index is 1.88. The van der Waals surface area contributed by atoms with E-state index in [1.54, 1.807) is 43.3 Å². The first-order valence-corrected chi connectivity index (χ1v) is 9.73. The van der Waals surface area contributed by atoms with Gasteiger partial charge in [-0.15, -0.1) is 0 Å². The number of sulfonamides is 1. The summed E-state index contributed by atoms with van der Waals surface area (Å²) >= 11 is 0. The fraction of sp³-hybridized carbons (Fsp3) is 0.278. The van der Waals surface area contributed by atoms with E-state index in [1.165, 1.54) is 19.2 Å². The van der Waals surface area contributed by atoms with Gasteiger partial charge in [-0.25, -0.2) is 12.8 Å². The normalized spacial score (nSPS) is 12.3. The van der Waals surface area contributed by atoms with Crippen molar-refractivity contribution in [1.82, 2.24) is 5.32 Å². The average molecular weight is 380 g/mol. The van der Waals surface area contributed by atoms with Gasteiger partial charge in [0.25, 0.3) is 5.91 Å². The molecular formula is C18H21FN2O4S. The summed E-state index contributed by atoms with van der Waals surface area (Å²) in [7, 11) is -1.88. The first-order valence-electron chi connectivity index (χ1n) is 7.88. The van der Waals surface area contributed by atoms with E-state index in [0.29, 0.717) is 11.4 Å². The summed E-state index contributed by atoms with van der Waals surface area (Å²) < 4.78 is 42.5. The highest BCUT2D eigenvalue weighted by Crippen LogP contribution is 2.20. The Bertz CT molecular complexity index is 852. The van der Waals surface area contributed by atoms with Gasteiger partial charge in [-0.1, -0.05) is 12.1 Å². The van der Waals surface area contributed by atoms with Gasteiger partial charge in [-0.05, 0) is 48.9 Å². The van der Waals surface area contributed by atoms with Gasteiger partial charge in [0, 0.05) is 7.05 Å². The van der Waals surface area contributed by atoms with E-state index in [4.69, 9.17) is 4.74 Å². The zero-order valence-electron chi connectivity index (χ0n) is 14.8. The molecule has 1 amide bonds. The number of benzene rings is 2. The molecule has 0 bridgehead atoms. The van der Waals surface area contributed by atoms with E-state index >= 15 is 0 Å². The first-order chi connectivity index (χ1) is 12.2. The number of nitrogens with zero attached hydrogens (tertiary/aromatic N) is 1. The van der Waals surface area contributed by atoms with Gasteiger partial charge >= 0.3 is 0 Å².